The Hall–Kier alpha value is -1.52. The summed E-state index contributed by atoms with van der Waals surface area (Å²) in [6.07, 6.45) is 0.738. The van der Waals surface area contributed by atoms with Gasteiger partial charge < -0.3 is 9.64 Å². The first kappa shape index (κ1) is 12.9. The lowest BCUT2D eigenvalue weighted by Gasteiger charge is -2.24. The van der Waals surface area contributed by atoms with Crippen LogP contribution in [0.3, 0.4) is 0 Å². The van der Waals surface area contributed by atoms with Crippen molar-refractivity contribution in [2.45, 2.75) is 45.6 Å². The number of nitrogens with zero attached hydrogens (tertiary/aromatic N) is 2. The van der Waals surface area contributed by atoms with Crippen molar-refractivity contribution in [2.75, 3.05) is 13.1 Å². The number of nitrogens with one attached hydrogen (secondary N) is 1. The van der Waals surface area contributed by atoms with Crippen LogP contribution in [-0.2, 0) is 4.74 Å². The number of hydrogen-bond donors (Lipinski definition) is 1. The number of likely N-dealkylation sites (tertiary alicyclic amines) is 1. The number of rotatable bonds is 1. The van der Waals surface area contributed by atoms with Crippen molar-refractivity contribution in [3.8, 4) is 0 Å². The van der Waals surface area contributed by atoms with Gasteiger partial charge in [-0.05, 0) is 40.2 Å². The van der Waals surface area contributed by atoms with Gasteiger partial charge >= 0.3 is 6.09 Å². The first-order valence-electron chi connectivity index (χ1n) is 6.35. The molecule has 18 heavy (non-hydrogen) atoms. The van der Waals surface area contributed by atoms with Crippen molar-refractivity contribution in [1.29, 1.82) is 0 Å². The second-order valence-corrected chi connectivity index (χ2v) is 5.88. The van der Waals surface area contributed by atoms with Gasteiger partial charge in [-0.2, -0.15) is 5.10 Å². The molecular weight excluding hydrogens is 230 g/mol. The van der Waals surface area contributed by atoms with Crippen LogP contribution < -0.4 is 0 Å². The number of H-pyrrole nitrogens is 1. The van der Waals surface area contributed by atoms with Crippen molar-refractivity contribution in [1.82, 2.24) is 15.1 Å². The molecule has 0 radical (unpaired) electrons. The lowest BCUT2D eigenvalue weighted by Crippen LogP contribution is -2.35. The van der Waals surface area contributed by atoms with Crippen LogP contribution in [0, 0.1) is 6.92 Å². The molecule has 1 N–H and O–H groups in total. The second kappa shape index (κ2) is 4.63. The summed E-state index contributed by atoms with van der Waals surface area (Å²) in [4.78, 5) is 13.7. The number of aryl methyl sites for hydroxylation is 1. The minimum Gasteiger partial charge on any atom is -0.444 e. The van der Waals surface area contributed by atoms with Gasteiger partial charge in [0, 0.05) is 24.7 Å². The first-order chi connectivity index (χ1) is 8.35. The summed E-state index contributed by atoms with van der Waals surface area (Å²) in [6, 6.07) is 2.04. The molecule has 5 nitrogen and oxygen atoms in total. The molecular formula is C13H21N3O2. The van der Waals surface area contributed by atoms with E-state index in [2.05, 4.69) is 10.2 Å². The number of aromatic nitrogens is 2. The van der Waals surface area contributed by atoms with E-state index in [1.807, 2.05) is 33.8 Å². The average molecular weight is 251 g/mol. The second-order valence-electron chi connectivity index (χ2n) is 5.88. The Morgan fingerprint density at radius 1 is 1.56 bits per heavy atom. The fourth-order valence-corrected chi connectivity index (χ4v) is 2.16. The summed E-state index contributed by atoms with van der Waals surface area (Å²) in [5.74, 6) is 0.346. The lowest BCUT2D eigenvalue weighted by molar-refractivity contribution is 0.0292. The molecule has 100 valence electrons. The maximum atomic E-state index is 11.9. The Morgan fingerprint density at radius 2 is 2.28 bits per heavy atom. The highest BCUT2D eigenvalue weighted by Gasteiger charge is 2.31. The number of ether oxygens (including phenoxy) is 1. The molecule has 1 atom stereocenters. The van der Waals surface area contributed by atoms with E-state index in [0.717, 1.165) is 24.4 Å². The van der Waals surface area contributed by atoms with Crippen LogP contribution in [0.25, 0.3) is 0 Å². The molecule has 0 aromatic carbocycles. The van der Waals surface area contributed by atoms with Crippen LogP contribution >= 0.6 is 0 Å². The summed E-state index contributed by atoms with van der Waals surface area (Å²) in [7, 11) is 0. The molecule has 2 rings (SSSR count). The molecule has 1 aliphatic heterocycles. The van der Waals surface area contributed by atoms with Crippen molar-refractivity contribution in [3.63, 3.8) is 0 Å². The molecule has 5 heteroatoms. The lowest BCUT2D eigenvalue weighted by atomic mass is 10.1. The molecule has 1 fully saturated rings. The minimum atomic E-state index is -0.431. The van der Waals surface area contributed by atoms with E-state index < -0.39 is 5.60 Å². The normalized spacial score (nSPS) is 20.2. The molecule has 0 bridgehead atoms. The number of hydrogen-bond acceptors (Lipinski definition) is 3. The summed E-state index contributed by atoms with van der Waals surface area (Å²) < 4.78 is 5.37. The van der Waals surface area contributed by atoms with Gasteiger partial charge in [-0.1, -0.05) is 0 Å². The van der Waals surface area contributed by atoms with Crippen LogP contribution in [0.4, 0.5) is 4.79 Å². The van der Waals surface area contributed by atoms with Gasteiger partial charge in [0.05, 0.1) is 5.69 Å². The van der Waals surface area contributed by atoms with E-state index in [9.17, 15) is 4.79 Å². The predicted octanol–water partition coefficient (Wildman–Crippen LogP) is 2.44. The van der Waals surface area contributed by atoms with Crippen molar-refractivity contribution < 1.29 is 9.53 Å². The standard InChI is InChI=1S/C13H21N3O2/c1-9-7-11(15-14-9)10-5-6-16(8-10)12(17)18-13(2,3)4/h7,10H,5-6,8H2,1-4H3,(H,14,15). The van der Waals surface area contributed by atoms with Crippen LogP contribution in [0.1, 0.15) is 44.5 Å². The van der Waals surface area contributed by atoms with E-state index in [0.29, 0.717) is 12.5 Å². The largest absolute Gasteiger partial charge is 0.444 e. The summed E-state index contributed by atoms with van der Waals surface area (Å²) >= 11 is 0. The zero-order valence-electron chi connectivity index (χ0n) is 11.5. The topological polar surface area (TPSA) is 58.2 Å². The average Bonchev–Trinajstić information content (AvgIpc) is 2.82. The molecule has 0 saturated carbocycles. The van der Waals surface area contributed by atoms with Crippen LogP contribution in [0.15, 0.2) is 6.07 Å². The third-order valence-electron chi connectivity index (χ3n) is 3.01. The summed E-state index contributed by atoms with van der Waals surface area (Å²) in [6.45, 7) is 9.07. The highest BCUT2D eigenvalue weighted by Crippen LogP contribution is 2.27. The van der Waals surface area contributed by atoms with Crippen LogP contribution in [0.5, 0.6) is 0 Å². The highest BCUT2D eigenvalue weighted by atomic mass is 16.6. The maximum Gasteiger partial charge on any atom is 0.410 e. The van der Waals surface area contributed by atoms with Crippen molar-refractivity contribution >= 4 is 6.09 Å². The third-order valence-corrected chi connectivity index (χ3v) is 3.01. The Kier molecular flexibility index (Phi) is 3.32. The quantitative estimate of drug-likeness (QED) is 0.834. The van der Waals surface area contributed by atoms with Gasteiger partial charge in [0.15, 0.2) is 0 Å². The fraction of sp³-hybridized carbons (Fsp3) is 0.692. The molecule has 0 aliphatic carbocycles. The molecule has 1 aromatic rings. The number of aromatic amines is 1. The predicted molar refractivity (Wildman–Crippen MR) is 68.5 cm³/mol. The molecule has 1 aliphatic rings. The van der Waals surface area contributed by atoms with Gasteiger partial charge in [0.25, 0.3) is 0 Å². The van der Waals surface area contributed by atoms with Gasteiger partial charge in [-0.25, -0.2) is 4.79 Å². The van der Waals surface area contributed by atoms with E-state index in [1.54, 1.807) is 4.90 Å². The van der Waals surface area contributed by atoms with E-state index in [-0.39, 0.29) is 6.09 Å². The monoisotopic (exact) mass is 251 g/mol. The van der Waals surface area contributed by atoms with E-state index in [1.165, 1.54) is 0 Å². The highest BCUT2D eigenvalue weighted by molar-refractivity contribution is 5.68. The van der Waals surface area contributed by atoms with Crippen molar-refractivity contribution in [2.24, 2.45) is 0 Å². The number of carbonyl (C=O) groups is 1. The Bertz CT molecular complexity index is 434. The first-order valence-corrected chi connectivity index (χ1v) is 6.35. The Morgan fingerprint density at radius 3 is 2.83 bits per heavy atom. The zero-order valence-corrected chi connectivity index (χ0v) is 11.5. The fourth-order valence-electron chi connectivity index (χ4n) is 2.16. The van der Waals surface area contributed by atoms with E-state index >= 15 is 0 Å². The maximum absolute atomic E-state index is 11.9. The Balaban J connectivity index is 1.94. The van der Waals surface area contributed by atoms with Crippen LogP contribution in [-0.4, -0.2) is 39.9 Å². The van der Waals surface area contributed by atoms with Gasteiger partial charge in [-0.15, -0.1) is 0 Å². The smallest absolute Gasteiger partial charge is 0.410 e. The van der Waals surface area contributed by atoms with Crippen LogP contribution in [0.2, 0.25) is 0 Å². The molecule has 1 unspecified atom stereocenters. The minimum absolute atomic E-state index is 0.221. The third kappa shape index (κ3) is 3.03. The molecule has 1 aromatic heterocycles. The van der Waals surface area contributed by atoms with E-state index in [4.69, 9.17) is 4.74 Å². The van der Waals surface area contributed by atoms with Gasteiger partial charge in [-0.3, -0.25) is 5.10 Å². The summed E-state index contributed by atoms with van der Waals surface area (Å²) in [5, 5.41) is 7.16. The molecule has 0 spiro atoms. The number of carbonyl (C=O) groups excluding carboxylic acids is 1. The number of amides is 1. The Labute approximate surface area is 108 Å². The molecule has 1 amide bonds. The molecule has 1 saturated heterocycles. The van der Waals surface area contributed by atoms with Gasteiger partial charge in [0.2, 0.25) is 0 Å². The zero-order chi connectivity index (χ0) is 13.3. The molecule has 2 heterocycles. The van der Waals surface area contributed by atoms with Gasteiger partial charge in [0.1, 0.15) is 5.60 Å². The SMILES string of the molecule is Cc1cc(C2CCN(C(=O)OC(C)(C)C)C2)[nH]n1. The van der Waals surface area contributed by atoms with Crippen molar-refractivity contribution in [3.05, 3.63) is 17.5 Å². The summed E-state index contributed by atoms with van der Waals surface area (Å²) in [5.41, 5.74) is 1.67.